The second kappa shape index (κ2) is 5.79. The minimum atomic E-state index is -0.391. The molecule has 3 rings (SSSR count). The van der Waals surface area contributed by atoms with Gasteiger partial charge in [0.1, 0.15) is 0 Å². The van der Waals surface area contributed by atoms with Gasteiger partial charge in [0.2, 0.25) is 0 Å². The minimum absolute atomic E-state index is 0.0122. The number of hydrogen-bond donors (Lipinski definition) is 0. The Kier molecular flexibility index (Phi) is 4.01. The van der Waals surface area contributed by atoms with Crippen molar-refractivity contribution in [1.82, 2.24) is 0 Å². The van der Waals surface area contributed by atoms with E-state index in [4.69, 9.17) is 0 Å². The topological polar surface area (TPSA) is 17.1 Å². The van der Waals surface area contributed by atoms with Crippen LogP contribution in [0.25, 0.3) is 11.1 Å². The summed E-state index contributed by atoms with van der Waals surface area (Å²) >= 11 is 0.0122. The predicted molar refractivity (Wildman–Crippen MR) is 88.8 cm³/mol. The molecule has 0 radical (unpaired) electrons. The Morgan fingerprint density at radius 3 is 2.00 bits per heavy atom. The number of fused-ring (bicyclic) bond motifs is 3. The summed E-state index contributed by atoms with van der Waals surface area (Å²) in [6.07, 6.45) is 3.15. The van der Waals surface area contributed by atoms with Crippen molar-refractivity contribution in [3.8, 4) is 11.1 Å². The molecule has 0 unspecified atom stereocenters. The molecule has 1 aliphatic carbocycles. The summed E-state index contributed by atoms with van der Waals surface area (Å²) < 4.78 is 0.417. The monoisotopic (exact) mass is 344 g/mol. The molecular weight excluding hydrogens is 323 g/mol. The molecule has 0 aromatic heterocycles. The van der Waals surface area contributed by atoms with Gasteiger partial charge < -0.3 is 0 Å². The number of hydrogen-bond acceptors (Lipinski definition) is 1. The van der Waals surface area contributed by atoms with Crippen molar-refractivity contribution >= 4 is 19.6 Å². The Balaban J connectivity index is 2.29. The molecule has 108 valence electrons. The summed E-state index contributed by atoms with van der Waals surface area (Å²) in [4.78, 5) is 13.0. The first-order chi connectivity index (χ1) is 10.3. The van der Waals surface area contributed by atoms with Crippen molar-refractivity contribution < 1.29 is 4.79 Å². The molecule has 0 fully saturated rings. The Bertz CT molecular complexity index is 629. The van der Waals surface area contributed by atoms with Crippen LogP contribution in [0.15, 0.2) is 48.5 Å². The van der Waals surface area contributed by atoms with E-state index in [0.29, 0.717) is 4.68 Å². The molecule has 2 aromatic carbocycles. The van der Waals surface area contributed by atoms with E-state index < -0.39 is 5.41 Å². The Labute approximate surface area is 132 Å². The zero-order valence-electron chi connectivity index (χ0n) is 12.6. The van der Waals surface area contributed by atoms with Crippen molar-refractivity contribution in [1.29, 1.82) is 0 Å². The third kappa shape index (κ3) is 2.09. The first-order valence-corrected chi connectivity index (χ1v) is 10.1. The van der Waals surface area contributed by atoms with E-state index in [-0.39, 0.29) is 15.0 Å². The van der Waals surface area contributed by atoms with Crippen LogP contribution in [0.1, 0.15) is 37.3 Å². The third-order valence-electron chi connectivity index (χ3n) is 4.50. The molecule has 0 amide bonds. The van der Waals surface area contributed by atoms with E-state index in [1.807, 2.05) is 5.82 Å². The molecule has 0 saturated carbocycles. The van der Waals surface area contributed by atoms with Crippen molar-refractivity contribution in [2.24, 2.45) is 0 Å². The van der Waals surface area contributed by atoms with Gasteiger partial charge in [-0.05, 0) is 0 Å². The van der Waals surface area contributed by atoms with Crippen LogP contribution >= 0.6 is 0 Å². The third-order valence-corrected chi connectivity index (χ3v) is 6.01. The van der Waals surface area contributed by atoms with E-state index in [9.17, 15) is 4.79 Å². The maximum absolute atomic E-state index is 13.0. The molecule has 0 bridgehead atoms. The van der Waals surface area contributed by atoms with Crippen LogP contribution in [0.5, 0.6) is 0 Å². The van der Waals surface area contributed by atoms with Gasteiger partial charge in [-0.3, -0.25) is 0 Å². The van der Waals surface area contributed by atoms with Crippen LogP contribution in [-0.2, 0) is 10.2 Å². The molecule has 0 aliphatic heterocycles. The molecule has 0 spiro atoms. The van der Waals surface area contributed by atoms with Crippen molar-refractivity contribution in [3.63, 3.8) is 0 Å². The second-order valence-corrected chi connectivity index (χ2v) is 7.23. The summed E-state index contributed by atoms with van der Waals surface area (Å²) in [7, 11) is 0. The van der Waals surface area contributed by atoms with Gasteiger partial charge in [-0.25, -0.2) is 0 Å². The second-order valence-electron chi connectivity index (χ2n) is 5.59. The van der Waals surface area contributed by atoms with Crippen molar-refractivity contribution in [2.75, 3.05) is 0 Å². The standard InChI is InChI=1S/C19H20OSe/c1-3-4-13-19(18(20)21-2)16-11-7-5-9-14(16)15-10-6-8-12-17(15)19/h5-12H,3-4,13H2,1-2H3. The SMILES string of the molecule is CCCCC1(C(=O)[Se]C)c2ccccc2-c2ccccc21. The molecule has 2 aromatic rings. The van der Waals surface area contributed by atoms with Crippen LogP contribution in [0.4, 0.5) is 0 Å². The summed E-state index contributed by atoms with van der Waals surface area (Å²) in [5.41, 5.74) is 4.57. The fraction of sp³-hybridized carbons (Fsp3) is 0.316. The quantitative estimate of drug-likeness (QED) is 0.735. The van der Waals surface area contributed by atoms with Gasteiger partial charge in [-0.15, -0.1) is 0 Å². The molecule has 0 N–H and O–H groups in total. The molecule has 0 heterocycles. The van der Waals surface area contributed by atoms with Gasteiger partial charge in [-0.1, -0.05) is 0 Å². The van der Waals surface area contributed by atoms with Gasteiger partial charge in [0, 0.05) is 0 Å². The molecule has 1 nitrogen and oxygen atoms in total. The van der Waals surface area contributed by atoms with Crippen LogP contribution in [0.2, 0.25) is 5.82 Å². The number of unbranched alkanes of at least 4 members (excludes halogenated alkanes) is 1. The fourth-order valence-electron chi connectivity index (χ4n) is 3.53. The molecule has 2 heteroatoms. The van der Waals surface area contributed by atoms with E-state index >= 15 is 0 Å². The predicted octanol–water partition coefficient (Wildman–Crippen LogP) is 4.42. The van der Waals surface area contributed by atoms with Crippen molar-refractivity contribution in [3.05, 3.63) is 59.7 Å². The van der Waals surface area contributed by atoms with E-state index in [1.54, 1.807) is 0 Å². The Morgan fingerprint density at radius 2 is 1.52 bits per heavy atom. The molecule has 0 atom stereocenters. The normalized spacial score (nSPS) is 14.6. The summed E-state index contributed by atoms with van der Waals surface area (Å²) in [5, 5.41) is 0. The van der Waals surface area contributed by atoms with Gasteiger partial charge in [0.05, 0.1) is 0 Å². The Morgan fingerprint density at radius 1 is 1.00 bits per heavy atom. The van der Waals surface area contributed by atoms with Crippen LogP contribution in [0.3, 0.4) is 0 Å². The zero-order chi connectivity index (χ0) is 14.9. The average Bonchev–Trinajstić information content (AvgIpc) is 2.84. The number of rotatable bonds is 5. The van der Waals surface area contributed by atoms with E-state index in [2.05, 4.69) is 55.5 Å². The molecule has 0 saturated heterocycles. The summed E-state index contributed by atoms with van der Waals surface area (Å²) in [6, 6.07) is 16.9. The number of carbonyl (C=O) groups is 1. The number of benzene rings is 2. The first kappa shape index (κ1) is 14.6. The van der Waals surface area contributed by atoms with Crippen LogP contribution in [0, 0.1) is 0 Å². The zero-order valence-corrected chi connectivity index (χ0v) is 14.3. The first-order valence-electron chi connectivity index (χ1n) is 7.53. The van der Waals surface area contributed by atoms with Gasteiger partial charge >= 0.3 is 133 Å². The summed E-state index contributed by atoms with van der Waals surface area (Å²) in [5.74, 6) is 2.05. The maximum atomic E-state index is 13.0. The van der Waals surface area contributed by atoms with Gasteiger partial charge in [0.25, 0.3) is 0 Å². The Hall–Kier alpha value is -1.37. The van der Waals surface area contributed by atoms with Crippen LogP contribution in [-0.4, -0.2) is 19.6 Å². The average molecular weight is 343 g/mol. The number of carbonyl (C=O) groups excluding carboxylic acids is 1. The molecule has 1 aliphatic rings. The van der Waals surface area contributed by atoms with Gasteiger partial charge in [0.15, 0.2) is 0 Å². The van der Waals surface area contributed by atoms with Crippen LogP contribution < -0.4 is 0 Å². The summed E-state index contributed by atoms with van der Waals surface area (Å²) in [6.45, 7) is 2.20. The van der Waals surface area contributed by atoms with Crippen molar-refractivity contribution in [2.45, 2.75) is 37.4 Å². The molecular formula is C19H20OSe. The fourth-order valence-corrected chi connectivity index (χ4v) is 4.94. The van der Waals surface area contributed by atoms with Gasteiger partial charge in [-0.2, -0.15) is 0 Å². The van der Waals surface area contributed by atoms with E-state index in [1.165, 1.54) is 22.3 Å². The van der Waals surface area contributed by atoms with E-state index in [0.717, 1.165) is 19.3 Å². The molecule has 21 heavy (non-hydrogen) atoms.